The van der Waals surface area contributed by atoms with Gasteiger partial charge < -0.3 is 10.5 Å². The molecule has 2 N–H and O–H groups in total. The first-order valence-corrected chi connectivity index (χ1v) is 7.53. The minimum Gasteiger partial charge on any atom is -0.455 e. The standard InChI is InChI=1S/C15H14BrClN2O/c1-8(2)15(18)10-5-9(16)3-4-12(10)20-13-7-19-14(17)6-11(13)15/h3-8H,18H2,1-2H3. The zero-order valence-electron chi connectivity index (χ0n) is 11.2. The van der Waals surface area contributed by atoms with Crippen molar-refractivity contribution in [3.05, 3.63) is 51.2 Å². The molecular formula is C15H14BrClN2O. The molecule has 2 heterocycles. The number of hydrogen-bond donors (Lipinski definition) is 1. The van der Waals surface area contributed by atoms with E-state index in [2.05, 4.69) is 34.8 Å². The molecule has 0 bridgehead atoms. The Kier molecular flexibility index (Phi) is 3.27. The van der Waals surface area contributed by atoms with Crippen LogP contribution in [0.3, 0.4) is 0 Å². The molecule has 3 rings (SSSR count). The quantitative estimate of drug-likeness (QED) is 0.770. The molecule has 0 spiro atoms. The van der Waals surface area contributed by atoms with Crippen LogP contribution in [-0.4, -0.2) is 4.98 Å². The highest BCUT2D eigenvalue weighted by atomic mass is 79.9. The number of nitrogens with two attached hydrogens (primary N) is 1. The molecule has 1 atom stereocenters. The number of nitrogens with zero attached hydrogens (tertiary/aromatic N) is 1. The second-order valence-corrected chi connectivity index (χ2v) is 6.57. The average molecular weight is 354 g/mol. The summed E-state index contributed by atoms with van der Waals surface area (Å²) in [5.41, 5.74) is 7.95. The maximum atomic E-state index is 6.78. The van der Waals surface area contributed by atoms with Gasteiger partial charge >= 0.3 is 0 Å². The predicted molar refractivity (Wildman–Crippen MR) is 83.3 cm³/mol. The van der Waals surface area contributed by atoms with Crippen molar-refractivity contribution >= 4 is 27.5 Å². The van der Waals surface area contributed by atoms with Crippen LogP contribution in [0.2, 0.25) is 5.15 Å². The van der Waals surface area contributed by atoms with Crippen LogP contribution in [0.25, 0.3) is 0 Å². The summed E-state index contributed by atoms with van der Waals surface area (Å²) in [6, 6.07) is 7.65. The molecule has 20 heavy (non-hydrogen) atoms. The number of benzene rings is 1. The molecule has 0 fully saturated rings. The van der Waals surface area contributed by atoms with E-state index in [-0.39, 0.29) is 5.92 Å². The first-order valence-electron chi connectivity index (χ1n) is 6.35. The van der Waals surface area contributed by atoms with Gasteiger partial charge in [0.15, 0.2) is 5.75 Å². The second kappa shape index (κ2) is 4.72. The van der Waals surface area contributed by atoms with E-state index in [9.17, 15) is 0 Å². The predicted octanol–water partition coefficient (Wildman–Crippen LogP) is 4.46. The molecular weight excluding hydrogens is 340 g/mol. The van der Waals surface area contributed by atoms with Crippen molar-refractivity contribution in [2.24, 2.45) is 11.7 Å². The van der Waals surface area contributed by atoms with Gasteiger partial charge in [0.25, 0.3) is 0 Å². The highest BCUT2D eigenvalue weighted by Gasteiger charge is 2.42. The summed E-state index contributed by atoms with van der Waals surface area (Å²) in [5.74, 6) is 1.61. The Morgan fingerprint density at radius 2 is 1.95 bits per heavy atom. The highest BCUT2D eigenvalue weighted by molar-refractivity contribution is 9.10. The van der Waals surface area contributed by atoms with Gasteiger partial charge in [-0.25, -0.2) is 4.98 Å². The first kappa shape index (κ1) is 13.9. The van der Waals surface area contributed by atoms with E-state index < -0.39 is 5.54 Å². The number of ether oxygens (including phenoxy) is 1. The summed E-state index contributed by atoms with van der Waals surface area (Å²) in [6.45, 7) is 4.18. The van der Waals surface area contributed by atoms with Gasteiger partial charge in [0, 0.05) is 15.6 Å². The first-order chi connectivity index (χ1) is 9.42. The molecule has 0 saturated heterocycles. The number of hydrogen-bond acceptors (Lipinski definition) is 3. The van der Waals surface area contributed by atoms with Crippen molar-refractivity contribution in [2.75, 3.05) is 0 Å². The molecule has 1 aliphatic heterocycles. The monoisotopic (exact) mass is 352 g/mol. The summed E-state index contributed by atoms with van der Waals surface area (Å²) >= 11 is 9.53. The summed E-state index contributed by atoms with van der Waals surface area (Å²) in [4.78, 5) is 4.08. The number of rotatable bonds is 1. The molecule has 5 heteroatoms. The summed E-state index contributed by atoms with van der Waals surface area (Å²) in [5, 5.41) is 0.418. The molecule has 104 valence electrons. The third-order valence-electron chi connectivity index (χ3n) is 3.80. The molecule has 0 radical (unpaired) electrons. The SMILES string of the molecule is CC(C)C1(N)c2cc(Br)ccc2Oc2cnc(Cl)cc21. The summed E-state index contributed by atoms with van der Waals surface area (Å²) in [7, 11) is 0. The van der Waals surface area contributed by atoms with Crippen LogP contribution in [0.5, 0.6) is 11.5 Å². The lowest BCUT2D eigenvalue weighted by molar-refractivity contribution is 0.325. The maximum absolute atomic E-state index is 6.78. The fourth-order valence-electron chi connectivity index (χ4n) is 2.62. The molecule has 0 amide bonds. The van der Waals surface area contributed by atoms with Crippen molar-refractivity contribution in [3.63, 3.8) is 0 Å². The van der Waals surface area contributed by atoms with Crippen molar-refractivity contribution in [2.45, 2.75) is 19.4 Å². The number of halogens is 2. The zero-order valence-corrected chi connectivity index (χ0v) is 13.5. The van der Waals surface area contributed by atoms with Crippen molar-refractivity contribution < 1.29 is 4.74 Å². The lowest BCUT2D eigenvalue weighted by Crippen LogP contribution is -2.45. The Morgan fingerprint density at radius 1 is 1.25 bits per heavy atom. The molecule has 2 aromatic rings. The normalized spacial score (nSPS) is 20.3. The lowest BCUT2D eigenvalue weighted by atomic mass is 9.74. The Balaban J connectivity index is 2.32. The second-order valence-electron chi connectivity index (χ2n) is 5.27. The number of aromatic nitrogens is 1. The molecule has 1 aromatic heterocycles. The van der Waals surface area contributed by atoms with Crippen molar-refractivity contribution in [1.29, 1.82) is 0 Å². The maximum Gasteiger partial charge on any atom is 0.151 e. The van der Waals surface area contributed by atoms with Gasteiger partial charge in [-0.3, -0.25) is 0 Å². The third kappa shape index (κ3) is 1.94. The van der Waals surface area contributed by atoms with Gasteiger partial charge in [-0.1, -0.05) is 41.4 Å². The van der Waals surface area contributed by atoms with Crippen LogP contribution in [-0.2, 0) is 5.54 Å². The molecule has 1 aromatic carbocycles. The van der Waals surface area contributed by atoms with Crippen LogP contribution in [0, 0.1) is 5.92 Å². The van der Waals surface area contributed by atoms with Gasteiger partial charge in [0.05, 0.1) is 11.7 Å². The van der Waals surface area contributed by atoms with Crippen LogP contribution < -0.4 is 10.5 Å². The summed E-state index contributed by atoms with van der Waals surface area (Å²) < 4.78 is 6.88. The van der Waals surface area contributed by atoms with Crippen molar-refractivity contribution in [3.8, 4) is 11.5 Å². The third-order valence-corrected chi connectivity index (χ3v) is 4.50. The topological polar surface area (TPSA) is 48.1 Å². The highest BCUT2D eigenvalue weighted by Crippen LogP contribution is 2.49. The fraction of sp³-hybridized carbons (Fsp3) is 0.267. The fourth-order valence-corrected chi connectivity index (χ4v) is 3.14. The number of fused-ring (bicyclic) bond motifs is 2. The van der Waals surface area contributed by atoms with E-state index in [4.69, 9.17) is 22.1 Å². The smallest absolute Gasteiger partial charge is 0.151 e. The van der Waals surface area contributed by atoms with Crippen LogP contribution in [0.4, 0.5) is 0 Å². The van der Waals surface area contributed by atoms with E-state index in [1.54, 1.807) is 12.3 Å². The minimum absolute atomic E-state index is 0.177. The molecule has 1 aliphatic rings. The zero-order chi connectivity index (χ0) is 14.5. The minimum atomic E-state index is -0.653. The van der Waals surface area contributed by atoms with E-state index in [1.165, 1.54) is 0 Å². The Labute approximate surface area is 131 Å². The Morgan fingerprint density at radius 3 is 2.65 bits per heavy atom. The largest absolute Gasteiger partial charge is 0.455 e. The van der Waals surface area contributed by atoms with Crippen LogP contribution >= 0.6 is 27.5 Å². The van der Waals surface area contributed by atoms with E-state index >= 15 is 0 Å². The molecule has 0 aliphatic carbocycles. The van der Waals surface area contributed by atoms with Gasteiger partial charge in [-0.2, -0.15) is 0 Å². The molecule has 3 nitrogen and oxygen atoms in total. The molecule has 0 saturated carbocycles. The average Bonchev–Trinajstić information content (AvgIpc) is 2.40. The van der Waals surface area contributed by atoms with Gasteiger partial charge in [0.2, 0.25) is 0 Å². The van der Waals surface area contributed by atoms with Gasteiger partial charge in [-0.05, 0) is 30.2 Å². The van der Waals surface area contributed by atoms with E-state index in [0.29, 0.717) is 10.9 Å². The lowest BCUT2D eigenvalue weighted by Gasteiger charge is -2.40. The number of pyridine rings is 1. The van der Waals surface area contributed by atoms with Gasteiger partial charge in [-0.15, -0.1) is 0 Å². The summed E-state index contributed by atoms with van der Waals surface area (Å²) in [6.07, 6.45) is 1.63. The van der Waals surface area contributed by atoms with Gasteiger partial charge in [0.1, 0.15) is 10.9 Å². The van der Waals surface area contributed by atoms with Crippen molar-refractivity contribution in [1.82, 2.24) is 4.98 Å². The van der Waals surface area contributed by atoms with E-state index in [1.807, 2.05) is 18.2 Å². The molecule has 1 unspecified atom stereocenters. The van der Waals surface area contributed by atoms with Crippen LogP contribution in [0.15, 0.2) is 34.9 Å². The van der Waals surface area contributed by atoms with E-state index in [0.717, 1.165) is 21.3 Å². The van der Waals surface area contributed by atoms with Crippen LogP contribution in [0.1, 0.15) is 25.0 Å². The Hall–Kier alpha value is -1.10. The Bertz CT molecular complexity index is 636.